The van der Waals surface area contributed by atoms with Gasteiger partial charge in [-0.05, 0) is 29.8 Å². The molecule has 3 rings (SSSR count). The summed E-state index contributed by atoms with van der Waals surface area (Å²) < 4.78 is 0. The fraction of sp³-hybridized carbons (Fsp3) is 0.0952. The van der Waals surface area contributed by atoms with Gasteiger partial charge >= 0.3 is 0 Å². The second-order valence-electron chi connectivity index (χ2n) is 5.79. The first-order valence-corrected chi connectivity index (χ1v) is 8.28. The SMILES string of the molecule is NCC(=O)c1ccc(CN(C(=O)c2ccncc2)c2ccccc2)cc1. The summed E-state index contributed by atoms with van der Waals surface area (Å²) in [5, 5.41) is 0. The number of nitrogens with two attached hydrogens (primary N) is 1. The molecule has 2 N–H and O–H groups in total. The number of nitrogens with zero attached hydrogens (tertiary/aromatic N) is 2. The van der Waals surface area contributed by atoms with Gasteiger partial charge in [-0.1, -0.05) is 42.5 Å². The van der Waals surface area contributed by atoms with Crippen molar-refractivity contribution in [3.63, 3.8) is 0 Å². The van der Waals surface area contributed by atoms with Gasteiger partial charge in [0.15, 0.2) is 5.78 Å². The molecule has 0 fully saturated rings. The van der Waals surface area contributed by atoms with Gasteiger partial charge in [0.25, 0.3) is 5.91 Å². The zero-order valence-electron chi connectivity index (χ0n) is 14.2. The number of para-hydroxylation sites is 1. The molecular formula is C21H19N3O2. The summed E-state index contributed by atoms with van der Waals surface area (Å²) in [4.78, 5) is 30.3. The van der Waals surface area contributed by atoms with Crippen molar-refractivity contribution in [2.75, 3.05) is 11.4 Å². The van der Waals surface area contributed by atoms with E-state index < -0.39 is 0 Å². The average Bonchev–Trinajstić information content (AvgIpc) is 2.72. The van der Waals surface area contributed by atoms with Gasteiger partial charge in [-0.25, -0.2) is 0 Å². The van der Waals surface area contributed by atoms with Crippen LogP contribution in [0.1, 0.15) is 26.3 Å². The Morgan fingerprint density at radius 1 is 0.846 bits per heavy atom. The van der Waals surface area contributed by atoms with E-state index in [-0.39, 0.29) is 18.2 Å². The van der Waals surface area contributed by atoms with Crippen molar-refractivity contribution in [1.29, 1.82) is 0 Å². The number of ketones is 1. The fourth-order valence-corrected chi connectivity index (χ4v) is 2.64. The third-order valence-corrected chi connectivity index (χ3v) is 4.04. The molecule has 2 aromatic carbocycles. The molecule has 0 spiro atoms. The maximum Gasteiger partial charge on any atom is 0.258 e. The smallest absolute Gasteiger partial charge is 0.258 e. The molecule has 0 saturated heterocycles. The predicted molar refractivity (Wildman–Crippen MR) is 101 cm³/mol. The standard InChI is InChI=1S/C21H19N3O2/c22-14-20(25)17-8-6-16(7-9-17)15-24(19-4-2-1-3-5-19)21(26)18-10-12-23-13-11-18/h1-13H,14-15,22H2. The quantitative estimate of drug-likeness (QED) is 0.697. The third kappa shape index (κ3) is 4.02. The molecule has 0 radical (unpaired) electrons. The van der Waals surface area contributed by atoms with Crippen LogP contribution in [0.4, 0.5) is 5.69 Å². The van der Waals surface area contributed by atoms with Gasteiger partial charge in [0.2, 0.25) is 0 Å². The van der Waals surface area contributed by atoms with Gasteiger partial charge in [-0.2, -0.15) is 0 Å². The van der Waals surface area contributed by atoms with Crippen LogP contribution in [-0.4, -0.2) is 23.2 Å². The van der Waals surface area contributed by atoms with Gasteiger partial charge in [0.1, 0.15) is 0 Å². The summed E-state index contributed by atoms with van der Waals surface area (Å²) in [5.41, 5.74) is 8.26. The summed E-state index contributed by atoms with van der Waals surface area (Å²) in [6.45, 7) is 0.373. The first-order valence-electron chi connectivity index (χ1n) is 8.28. The number of carbonyl (C=O) groups is 2. The number of hydrogen-bond donors (Lipinski definition) is 1. The van der Waals surface area contributed by atoms with Crippen molar-refractivity contribution < 1.29 is 9.59 Å². The lowest BCUT2D eigenvalue weighted by Crippen LogP contribution is -2.30. The average molecular weight is 345 g/mol. The first-order chi connectivity index (χ1) is 12.7. The highest BCUT2D eigenvalue weighted by Crippen LogP contribution is 2.20. The number of Topliss-reactive ketones (excluding diaryl/α,β-unsaturated/α-hetero) is 1. The Morgan fingerprint density at radius 2 is 1.50 bits per heavy atom. The van der Waals surface area contributed by atoms with Crippen molar-refractivity contribution in [3.8, 4) is 0 Å². The number of benzene rings is 2. The van der Waals surface area contributed by atoms with Crippen molar-refractivity contribution in [1.82, 2.24) is 4.98 Å². The van der Waals surface area contributed by atoms with Crippen LogP contribution < -0.4 is 10.6 Å². The summed E-state index contributed by atoms with van der Waals surface area (Å²) in [6.07, 6.45) is 3.20. The lowest BCUT2D eigenvalue weighted by Gasteiger charge is -2.23. The Morgan fingerprint density at radius 3 is 2.12 bits per heavy atom. The number of amides is 1. The van der Waals surface area contributed by atoms with Crippen LogP contribution in [0.15, 0.2) is 79.1 Å². The van der Waals surface area contributed by atoms with Crippen LogP contribution in [0.5, 0.6) is 0 Å². The number of anilines is 1. The lowest BCUT2D eigenvalue weighted by atomic mass is 10.1. The highest BCUT2D eigenvalue weighted by molar-refractivity contribution is 6.06. The van der Waals surface area contributed by atoms with Crippen LogP contribution >= 0.6 is 0 Å². The Balaban J connectivity index is 1.89. The molecule has 1 heterocycles. The van der Waals surface area contributed by atoms with E-state index in [0.29, 0.717) is 17.7 Å². The van der Waals surface area contributed by atoms with Gasteiger partial charge in [-0.3, -0.25) is 14.6 Å². The number of hydrogen-bond acceptors (Lipinski definition) is 4. The van der Waals surface area contributed by atoms with E-state index in [0.717, 1.165) is 11.3 Å². The first kappa shape index (κ1) is 17.5. The molecular weight excluding hydrogens is 326 g/mol. The molecule has 1 aromatic heterocycles. The van der Waals surface area contributed by atoms with E-state index in [1.54, 1.807) is 41.6 Å². The molecule has 0 bridgehead atoms. The van der Waals surface area contributed by atoms with Crippen molar-refractivity contribution in [3.05, 3.63) is 95.8 Å². The van der Waals surface area contributed by atoms with E-state index in [2.05, 4.69) is 4.98 Å². The van der Waals surface area contributed by atoms with Crippen molar-refractivity contribution in [2.24, 2.45) is 5.73 Å². The molecule has 0 atom stereocenters. The highest BCUT2D eigenvalue weighted by Gasteiger charge is 2.18. The Kier molecular flexibility index (Phi) is 5.51. The predicted octanol–water partition coefficient (Wildman–Crippen LogP) is 3.07. The molecule has 0 aliphatic carbocycles. The Hall–Kier alpha value is -3.31. The Bertz CT molecular complexity index is 878. The van der Waals surface area contributed by atoms with Gasteiger partial charge < -0.3 is 10.6 Å². The minimum atomic E-state index is -0.110. The van der Waals surface area contributed by atoms with E-state index in [1.165, 1.54) is 0 Å². The summed E-state index contributed by atoms with van der Waals surface area (Å²) in [5.74, 6) is -0.218. The molecule has 26 heavy (non-hydrogen) atoms. The lowest BCUT2D eigenvalue weighted by molar-refractivity contribution is 0.0981. The second kappa shape index (κ2) is 8.18. The summed E-state index contributed by atoms with van der Waals surface area (Å²) in [6, 6.07) is 20.0. The van der Waals surface area contributed by atoms with Crippen LogP contribution in [0.2, 0.25) is 0 Å². The van der Waals surface area contributed by atoms with E-state index in [4.69, 9.17) is 5.73 Å². The molecule has 130 valence electrons. The largest absolute Gasteiger partial charge is 0.324 e. The van der Waals surface area contributed by atoms with Gasteiger partial charge in [-0.15, -0.1) is 0 Å². The Labute approximate surface area is 152 Å². The van der Waals surface area contributed by atoms with Crippen LogP contribution in [0, 0.1) is 0 Å². The van der Waals surface area contributed by atoms with E-state index in [1.807, 2.05) is 42.5 Å². The number of rotatable bonds is 6. The monoisotopic (exact) mass is 345 g/mol. The molecule has 0 saturated carbocycles. The molecule has 3 aromatic rings. The molecule has 5 nitrogen and oxygen atoms in total. The van der Waals surface area contributed by atoms with Gasteiger partial charge in [0, 0.05) is 29.2 Å². The molecule has 0 aliphatic rings. The molecule has 1 amide bonds. The summed E-state index contributed by atoms with van der Waals surface area (Å²) >= 11 is 0. The number of carbonyl (C=O) groups excluding carboxylic acids is 2. The maximum absolute atomic E-state index is 13.0. The minimum absolute atomic E-state index is 0.0178. The zero-order valence-corrected chi connectivity index (χ0v) is 14.2. The van der Waals surface area contributed by atoms with Crippen LogP contribution in [0.3, 0.4) is 0 Å². The molecule has 0 unspecified atom stereocenters. The van der Waals surface area contributed by atoms with Crippen LogP contribution in [-0.2, 0) is 6.54 Å². The van der Waals surface area contributed by atoms with E-state index in [9.17, 15) is 9.59 Å². The topological polar surface area (TPSA) is 76.3 Å². The number of pyridine rings is 1. The third-order valence-electron chi connectivity index (χ3n) is 4.04. The van der Waals surface area contributed by atoms with Crippen molar-refractivity contribution >= 4 is 17.4 Å². The van der Waals surface area contributed by atoms with Crippen LogP contribution in [0.25, 0.3) is 0 Å². The normalized spacial score (nSPS) is 10.3. The van der Waals surface area contributed by atoms with Gasteiger partial charge in [0.05, 0.1) is 13.1 Å². The maximum atomic E-state index is 13.0. The zero-order chi connectivity index (χ0) is 18.4. The second-order valence-corrected chi connectivity index (χ2v) is 5.79. The molecule has 0 aliphatic heterocycles. The van der Waals surface area contributed by atoms with Crippen molar-refractivity contribution in [2.45, 2.75) is 6.54 Å². The fourth-order valence-electron chi connectivity index (χ4n) is 2.64. The summed E-state index contributed by atoms with van der Waals surface area (Å²) in [7, 11) is 0. The minimum Gasteiger partial charge on any atom is -0.324 e. The number of aromatic nitrogens is 1. The molecule has 5 heteroatoms. The highest BCUT2D eigenvalue weighted by atomic mass is 16.2. The van der Waals surface area contributed by atoms with E-state index >= 15 is 0 Å².